The number of hydrogen-bond acceptors (Lipinski definition) is 3. The summed E-state index contributed by atoms with van der Waals surface area (Å²) in [5.74, 6) is 0. The van der Waals surface area contributed by atoms with Crippen LogP contribution in [0, 0.1) is 0 Å². The fourth-order valence-electron chi connectivity index (χ4n) is 1.56. The quantitative estimate of drug-likeness (QED) is 0.697. The summed E-state index contributed by atoms with van der Waals surface area (Å²) in [5, 5.41) is 3.44. The molecule has 3 heteroatoms. The van der Waals surface area contributed by atoms with Gasteiger partial charge in [0.2, 0.25) is 0 Å². The first-order valence-electron chi connectivity index (χ1n) is 5.59. The summed E-state index contributed by atoms with van der Waals surface area (Å²) in [6.45, 7) is 6.68. The minimum absolute atomic E-state index is 0.357. The molecule has 0 aromatic carbocycles. The van der Waals surface area contributed by atoms with Crippen molar-refractivity contribution in [2.24, 2.45) is 0 Å². The lowest BCUT2D eigenvalue weighted by molar-refractivity contribution is 0.136. The second-order valence-corrected chi connectivity index (χ2v) is 3.38. The standard InChI is InChI=1S/C12H20N2O/c1-3-14-12(7-9-15-4-2)11-6-5-8-13-10-11/h5-6,8,10,12,14H,3-4,7,9H2,1-2H3. The van der Waals surface area contributed by atoms with Gasteiger partial charge in [0.05, 0.1) is 0 Å². The van der Waals surface area contributed by atoms with Gasteiger partial charge in [-0.05, 0) is 31.5 Å². The number of nitrogens with one attached hydrogen (secondary N) is 1. The lowest BCUT2D eigenvalue weighted by atomic mass is 10.1. The van der Waals surface area contributed by atoms with Crippen molar-refractivity contribution in [2.45, 2.75) is 26.3 Å². The highest BCUT2D eigenvalue weighted by Crippen LogP contribution is 2.14. The molecule has 0 saturated heterocycles. The highest BCUT2D eigenvalue weighted by atomic mass is 16.5. The van der Waals surface area contributed by atoms with E-state index < -0.39 is 0 Å². The molecule has 15 heavy (non-hydrogen) atoms. The summed E-state index contributed by atoms with van der Waals surface area (Å²) in [4.78, 5) is 4.14. The van der Waals surface area contributed by atoms with Crippen molar-refractivity contribution in [3.05, 3.63) is 30.1 Å². The average Bonchev–Trinajstić information content (AvgIpc) is 2.29. The Hall–Kier alpha value is -0.930. The SMILES string of the molecule is CCNC(CCOCC)c1cccnc1. The van der Waals surface area contributed by atoms with E-state index >= 15 is 0 Å². The van der Waals surface area contributed by atoms with Crippen LogP contribution in [0.4, 0.5) is 0 Å². The third-order valence-electron chi connectivity index (χ3n) is 2.29. The first kappa shape index (κ1) is 12.1. The van der Waals surface area contributed by atoms with Crippen LogP contribution in [0.15, 0.2) is 24.5 Å². The smallest absolute Gasteiger partial charge is 0.0484 e. The van der Waals surface area contributed by atoms with Gasteiger partial charge in [0.15, 0.2) is 0 Å². The predicted molar refractivity (Wildman–Crippen MR) is 61.8 cm³/mol. The Morgan fingerprint density at radius 2 is 2.33 bits per heavy atom. The van der Waals surface area contributed by atoms with Crippen LogP contribution in [0.5, 0.6) is 0 Å². The summed E-state index contributed by atoms with van der Waals surface area (Å²) in [6.07, 6.45) is 4.71. The van der Waals surface area contributed by atoms with Gasteiger partial charge in [-0.2, -0.15) is 0 Å². The second kappa shape index (κ2) is 7.37. The van der Waals surface area contributed by atoms with Crippen LogP contribution in [0.3, 0.4) is 0 Å². The van der Waals surface area contributed by atoms with Gasteiger partial charge in [-0.3, -0.25) is 4.98 Å². The fraction of sp³-hybridized carbons (Fsp3) is 0.583. The molecule has 1 heterocycles. The van der Waals surface area contributed by atoms with Crippen LogP contribution in [0.1, 0.15) is 31.9 Å². The van der Waals surface area contributed by atoms with Crippen molar-refractivity contribution < 1.29 is 4.74 Å². The number of hydrogen-bond donors (Lipinski definition) is 1. The molecular weight excluding hydrogens is 188 g/mol. The molecule has 3 nitrogen and oxygen atoms in total. The molecule has 1 rings (SSSR count). The van der Waals surface area contributed by atoms with Crippen molar-refractivity contribution in [1.29, 1.82) is 0 Å². The molecule has 0 aliphatic rings. The summed E-state index contributed by atoms with van der Waals surface area (Å²) in [5.41, 5.74) is 1.24. The fourth-order valence-corrected chi connectivity index (χ4v) is 1.56. The summed E-state index contributed by atoms with van der Waals surface area (Å²) in [6, 6.07) is 4.43. The lowest BCUT2D eigenvalue weighted by Crippen LogP contribution is -2.22. The van der Waals surface area contributed by atoms with E-state index in [1.165, 1.54) is 5.56 Å². The van der Waals surface area contributed by atoms with Gasteiger partial charge in [-0.1, -0.05) is 13.0 Å². The van der Waals surface area contributed by atoms with Gasteiger partial charge in [-0.15, -0.1) is 0 Å². The molecule has 1 unspecified atom stereocenters. The van der Waals surface area contributed by atoms with E-state index in [9.17, 15) is 0 Å². The zero-order chi connectivity index (χ0) is 10.9. The monoisotopic (exact) mass is 208 g/mol. The summed E-state index contributed by atoms with van der Waals surface area (Å²) < 4.78 is 5.37. The molecule has 0 fully saturated rings. The van der Waals surface area contributed by atoms with Crippen molar-refractivity contribution in [1.82, 2.24) is 10.3 Å². The van der Waals surface area contributed by atoms with E-state index in [-0.39, 0.29) is 0 Å². The van der Waals surface area contributed by atoms with Crippen LogP contribution >= 0.6 is 0 Å². The molecule has 1 N–H and O–H groups in total. The molecule has 0 aliphatic heterocycles. The normalized spacial score (nSPS) is 12.7. The Morgan fingerprint density at radius 3 is 2.93 bits per heavy atom. The molecule has 84 valence electrons. The molecular formula is C12H20N2O. The minimum Gasteiger partial charge on any atom is -0.382 e. The van der Waals surface area contributed by atoms with Crippen LogP contribution in [0.2, 0.25) is 0 Å². The Morgan fingerprint density at radius 1 is 1.47 bits per heavy atom. The van der Waals surface area contributed by atoms with Gasteiger partial charge in [0, 0.05) is 31.6 Å². The predicted octanol–water partition coefficient (Wildman–Crippen LogP) is 2.16. The van der Waals surface area contributed by atoms with E-state index in [4.69, 9.17) is 4.74 Å². The van der Waals surface area contributed by atoms with E-state index in [0.29, 0.717) is 6.04 Å². The van der Waals surface area contributed by atoms with Crippen molar-refractivity contribution in [2.75, 3.05) is 19.8 Å². The zero-order valence-corrected chi connectivity index (χ0v) is 9.57. The van der Waals surface area contributed by atoms with Gasteiger partial charge in [0.25, 0.3) is 0 Å². The van der Waals surface area contributed by atoms with E-state index in [1.807, 2.05) is 19.2 Å². The first-order valence-corrected chi connectivity index (χ1v) is 5.59. The maximum atomic E-state index is 5.37. The van der Waals surface area contributed by atoms with Crippen LogP contribution < -0.4 is 5.32 Å². The molecule has 0 bridgehead atoms. The highest BCUT2D eigenvalue weighted by molar-refractivity contribution is 5.13. The molecule has 0 aliphatic carbocycles. The van der Waals surface area contributed by atoms with Crippen LogP contribution in [-0.4, -0.2) is 24.7 Å². The van der Waals surface area contributed by atoms with Crippen molar-refractivity contribution in [3.8, 4) is 0 Å². The van der Waals surface area contributed by atoms with Gasteiger partial charge in [-0.25, -0.2) is 0 Å². The summed E-state index contributed by atoms with van der Waals surface area (Å²) >= 11 is 0. The highest BCUT2D eigenvalue weighted by Gasteiger charge is 2.09. The Kier molecular flexibility index (Phi) is 5.97. The number of pyridine rings is 1. The lowest BCUT2D eigenvalue weighted by Gasteiger charge is -2.17. The maximum Gasteiger partial charge on any atom is 0.0484 e. The maximum absolute atomic E-state index is 5.37. The largest absolute Gasteiger partial charge is 0.382 e. The van der Waals surface area contributed by atoms with E-state index in [0.717, 1.165) is 26.2 Å². The van der Waals surface area contributed by atoms with Crippen LogP contribution in [-0.2, 0) is 4.74 Å². The second-order valence-electron chi connectivity index (χ2n) is 3.38. The Labute approximate surface area is 91.9 Å². The van der Waals surface area contributed by atoms with Gasteiger partial charge < -0.3 is 10.1 Å². The summed E-state index contributed by atoms with van der Waals surface area (Å²) in [7, 11) is 0. The number of ether oxygens (including phenoxy) is 1. The number of rotatable bonds is 7. The molecule has 0 amide bonds. The molecule has 0 saturated carbocycles. The topological polar surface area (TPSA) is 34.1 Å². The Bertz CT molecular complexity index is 251. The third-order valence-corrected chi connectivity index (χ3v) is 2.29. The third kappa shape index (κ3) is 4.40. The molecule has 1 atom stereocenters. The van der Waals surface area contributed by atoms with E-state index in [2.05, 4.69) is 23.3 Å². The molecule has 1 aromatic rings. The van der Waals surface area contributed by atoms with Crippen molar-refractivity contribution >= 4 is 0 Å². The van der Waals surface area contributed by atoms with E-state index in [1.54, 1.807) is 6.20 Å². The van der Waals surface area contributed by atoms with Gasteiger partial charge in [0.1, 0.15) is 0 Å². The Balaban J connectivity index is 2.50. The average molecular weight is 208 g/mol. The molecule has 0 spiro atoms. The zero-order valence-electron chi connectivity index (χ0n) is 9.57. The van der Waals surface area contributed by atoms with Crippen LogP contribution in [0.25, 0.3) is 0 Å². The van der Waals surface area contributed by atoms with Crippen molar-refractivity contribution in [3.63, 3.8) is 0 Å². The molecule has 0 radical (unpaired) electrons. The number of aromatic nitrogens is 1. The number of nitrogens with zero attached hydrogens (tertiary/aromatic N) is 1. The first-order chi connectivity index (χ1) is 7.38. The molecule has 1 aromatic heterocycles. The van der Waals surface area contributed by atoms with Gasteiger partial charge >= 0.3 is 0 Å². The minimum atomic E-state index is 0.357.